The first-order valence-corrected chi connectivity index (χ1v) is 6.89. The summed E-state index contributed by atoms with van der Waals surface area (Å²) in [6.45, 7) is 6.09. The van der Waals surface area contributed by atoms with Crippen LogP contribution in [0.5, 0.6) is 0 Å². The quantitative estimate of drug-likeness (QED) is 0.883. The zero-order valence-electron chi connectivity index (χ0n) is 12.6. The highest BCUT2D eigenvalue weighted by Crippen LogP contribution is 2.25. The Morgan fingerprint density at radius 2 is 1.90 bits per heavy atom. The SMILES string of the molecule is Cc1ncccc1CNc1ccc(C(C)(C)C(=O)O)cc1. The largest absolute Gasteiger partial charge is 0.481 e. The summed E-state index contributed by atoms with van der Waals surface area (Å²) in [5.74, 6) is -0.825. The normalized spacial score (nSPS) is 11.2. The summed E-state index contributed by atoms with van der Waals surface area (Å²) in [5.41, 5.74) is 3.03. The maximum Gasteiger partial charge on any atom is 0.313 e. The third-order valence-corrected chi connectivity index (χ3v) is 3.74. The molecule has 21 heavy (non-hydrogen) atoms. The molecule has 4 nitrogen and oxygen atoms in total. The number of nitrogens with zero attached hydrogens (tertiary/aromatic N) is 1. The number of hydrogen-bond acceptors (Lipinski definition) is 3. The van der Waals surface area contributed by atoms with Crippen LogP contribution >= 0.6 is 0 Å². The van der Waals surface area contributed by atoms with Gasteiger partial charge in [-0.15, -0.1) is 0 Å². The zero-order chi connectivity index (χ0) is 15.5. The van der Waals surface area contributed by atoms with E-state index in [0.29, 0.717) is 6.54 Å². The fourth-order valence-electron chi connectivity index (χ4n) is 2.03. The second-order valence-corrected chi connectivity index (χ2v) is 5.61. The highest BCUT2D eigenvalue weighted by Gasteiger charge is 2.29. The summed E-state index contributed by atoms with van der Waals surface area (Å²) in [7, 11) is 0. The van der Waals surface area contributed by atoms with Gasteiger partial charge in [0.2, 0.25) is 0 Å². The van der Waals surface area contributed by atoms with Gasteiger partial charge in [0.1, 0.15) is 0 Å². The molecule has 2 aromatic rings. The van der Waals surface area contributed by atoms with E-state index in [1.165, 1.54) is 0 Å². The Morgan fingerprint density at radius 1 is 1.24 bits per heavy atom. The van der Waals surface area contributed by atoms with Gasteiger partial charge in [-0.3, -0.25) is 9.78 Å². The summed E-state index contributed by atoms with van der Waals surface area (Å²) >= 11 is 0. The molecule has 110 valence electrons. The highest BCUT2D eigenvalue weighted by molar-refractivity contribution is 5.80. The van der Waals surface area contributed by atoms with Crippen LogP contribution in [0.2, 0.25) is 0 Å². The molecular weight excluding hydrogens is 264 g/mol. The predicted molar refractivity (Wildman–Crippen MR) is 83.4 cm³/mol. The molecule has 2 rings (SSSR count). The van der Waals surface area contributed by atoms with Crippen molar-refractivity contribution in [3.63, 3.8) is 0 Å². The van der Waals surface area contributed by atoms with E-state index in [1.54, 1.807) is 20.0 Å². The number of pyridine rings is 1. The zero-order valence-corrected chi connectivity index (χ0v) is 12.6. The van der Waals surface area contributed by atoms with Crippen molar-refractivity contribution in [2.24, 2.45) is 0 Å². The van der Waals surface area contributed by atoms with Gasteiger partial charge in [-0.2, -0.15) is 0 Å². The maximum absolute atomic E-state index is 11.2. The monoisotopic (exact) mass is 284 g/mol. The topological polar surface area (TPSA) is 62.2 Å². The van der Waals surface area contributed by atoms with Crippen molar-refractivity contribution in [1.29, 1.82) is 0 Å². The fourth-order valence-corrected chi connectivity index (χ4v) is 2.03. The molecule has 0 saturated carbocycles. The summed E-state index contributed by atoms with van der Waals surface area (Å²) < 4.78 is 0. The van der Waals surface area contributed by atoms with Gasteiger partial charge in [0, 0.05) is 24.1 Å². The number of hydrogen-bond donors (Lipinski definition) is 2. The highest BCUT2D eigenvalue weighted by atomic mass is 16.4. The number of anilines is 1. The van der Waals surface area contributed by atoms with E-state index in [-0.39, 0.29) is 0 Å². The molecule has 4 heteroatoms. The van der Waals surface area contributed by atoms with E-state index in [2.05, 4.69) is 10.3 Å². The standard InChI is InChI=1S/C17H20N2O2/c1-12-13(5-4-10-18-12)11-19-15-8-6-14(7-9-15)17(2,3)16(20)21/h4-10,19H,11H2,1-3H3,(H,20,21). The molecule has 0 unspecified atom stereocenters. The summed E-state index contributed by atoms with van der Waals surface area (Å²) in [6.07, 6.45) is 1.78. The number of carbonyl (C=O) groups is 1. The van der Waals surface area contributed by atoms with Gasteiger partial charge < -0.3 is 10.4 Å². The molecule has 0 bridgehead atoms. The molecule has 0 saturated heterocycles. The Kier molecular flexibility index (Phi) is 4.26. The molecule has 0 amide bonds. The van der Waals surface area contributed by atoms with Gasteiger partial charge in [0.15, 0.2) is 0 Å². The van der Waals surface area contributed by atoms with Crippen molar-refractivity contribution in [3.8, 4) is 0 Å². The molecule has 0 aliphatic rings. The minimum absolute atomic E-state index is 0.696. The van der Waals surface area contributed by atoms with Crippen molar-refractivity contribution in [2.75, 3.05) is 5.32 Å². The number of aryl methyl sites for hydroxylation is 1. The van der Waals surface area contributed by atoms with Gasteiger partial charge in [-0.25, -0.2) is 0 Å². The number of aromatic nitrogens is 1. The van der Waals surface area contributed by atoms with Crippen LogP contribution in [0, 0.1) is 6.92 Å². The van der Waals surface area contributed by atoms with Crippen LogP contribution in [0.4, 0.5) is 5.69 Å². The Bertz CT molecular complexity index is 633. The van der Waals surface area contributed by atoms with E-state index in [0.717, 1.165) is 22.5 Å². The number of benzene rings is 1. The van der Waals surface area contributed by atoms with Gasteiger partial charge in [-0.1, -0.05) is 18.2 Å². The first kappa shape index (κ1) is 15.0. The first-order chi connectivity index (χ1) is 9.91. The smallest absolute Gasteiger partial charge is 0.313 e. The van der Waals surface area contributed by atoms with E-state index in [4.69, 9.17) is 0 Å². The van der Waals surface area contributed by atoms with Gasteiger partial charge >= 0.3 is 5.97 Å². The average Bonchev–Trinajstić information content (AvgIpc) is 2.46. The maximum atomic E-state index is 11.2. The van der Waals surface area contributed by atoms with Crippen molar-refractivity contribution < 1.29 is 9.90 Å². The van der Waals surface area contributed by atoms with Crippen LogP contribution in [0.15, 0.2) is 42.6 Å². The van der Waals surface area contributed by atoms with Crippen LogP contribution in [-0.2, 0) is 16.8 Å². The molecule has 0 spiro atoms. The summed E-state index contributed by atoms with van der Waals surface area (Å²) in [6, 6.07) is 11.5. The first-order valence-electron chi connectivity index (χ1n) is 6.89. The molecule has 0 aliphatic heterocycles. The molecule has 1 aromatic carbocycles. The minimum Gasteiger partial charge on any atom is -0.481 e. The number of aliphatic carboxylic acids is 1. The van der Waals surface area contributed by atoms with Crippen LogP contribution in [0.25, 0.3) is 0 Å². The fraction of sp³-hybridized carbons (Fsp3) is 0.294. The molecule has 1 heterocycles. The predicted octanol–water partition coefficient (Wildman–Crippen LogP) is 3.36. The lowest BCUT2D eigenvalue weighted by atomic mass is 9.85. The molecular formula is C17H20N2O2. The third kappa shape index (κ3) is 3.40. The summed E-state index contributed by atoms with van der Waals surface area (Å²) in [5, 5.41) is 12.5. The Balaban J connectivity index is 2.07. The molecule has 0 fully saturated rings. The number of carboxylic acid groups (broad SMARTS) is 1. The molecule has 1 aromatic heterocycles. The third-order valence-electron chi connectivity index (χ3n) is 3.74. The van der Waals surface area contributed by atoms with Crippen molar-refractivity contribution in [2.45, 2.75) is 32.7 Å². The number of rotatable bonds is 5. The van der Waals surface area contributed by atoms with E-state index >= 15 is 0 Å². The van der Waals surface area contributed by atoms with Gasteiger partial charge in [-0.05, 0) is 50.1 Å². The lowest BCUT2D eigenvalue weighted by Gasteiger charge is -2.20. The van der Waals surface area contributed by atoms with Gasteiger partial charge in [0.05, 0.1) is 5.41 Å². The Hall–Kier alpha value is -2.36. The Labute approximate surface area is 124 Å². The second kappa shape index (κ2) is 5.95. The van der Waals surface area contributed by atoms with Crippen LogP contribution in [0.1, 0.15) is 30.7 Å². The van der Waals surface area contributed by atoms with Crippen molar-refractivity contribution in [3.05, 3.63) is 59.4 Å². The van der Waals surface area contributed by atoms with E-state index in [9.17, 15) is 9.90 Å². The average molecular weight is 284 g/mol. The molecule has 0 atom stereocenters. The van der Waals surface area contributed by atoms with Crippen molar-refractivity contribution in [1.82, 2.24) is 4.98 Å². The second-order valence-electron chi connectivity index (χ2n) is 5.61. The van der Waals surface area contributed by atoms with Gasteiger partial charge in [0.25, 0.3) is 0 Å². The Morgan fingerprint density at radius 3 is 2.48 bits per heavy atom. The summed E-state index contributed by atoms with van der Waals surface area (Å²) in [4.78, 5) is 15.5. The number of carboxylic acids is 1. The minimum atomic E-state index is -0.877. The van der Waals surface area contributed by atoms with Crippen LogP contribution < -0.4 is 5.32 Å². The lowest BCUT2D eigenvalue weighted by molar-refractivity contribution is -0.142. The lowest BCUT2D eigenvalue weighted by Crippen LogP contribution is -2.28. The van der Waals surface area contributed by atoms with Crippen LogP contribution in [-0.4, -0.2) is 16.1 Å². The van der Waals surface area contributed by atoms with E-state index < -0.39 is 11.4 Å². The molecule has 0 radical (unpaired) electrons. The van der Waals surface area contributed by atoms with Crippen LogP contribution in [0.3, 0.4) is 0 Å². The number of nitrogens with one attached hydrogen (secondary N) is 1. The molecule has 0 aliphatic carbocycles. The molecule has 2 N–H and O–H groups in total. The van der Waals surface area contributed by atoms with E-state index in [1.807, 2.05) is 43.3 Å². The van der Waals surface area contributed by atoms with Crippen molar-refractivity contribution >= 4 is 11.7 Å².